The fourth-order valence-corrected chi connectivity index (χ4v) is 3.00. The molecule has 0 aliphatic rings. The van der Waals surface area contributed by atoms with Gasteiger partial charge in [-0.2, -0.15) is 0 Å². The van der Waals surface area contributed by atoms with E-state index in [1.165, 1.54) is 75.0 Å². The predicted octanol–water partition coefficient (Wildman–Crippen LogP) is 6.73. The van der Waals surface area contributed by atoms with E-state index in [1.54, 1.807) is 0 Å². The van der Waals surface area contributed by atoms with Gasteiger partial charge >= 0.3 is 5.97 Å². The average Bonchev–Trinajstić information content (AvgIpc) is 2.60. The molecule has 0 saturated carbocycles. The van der Waals surface area contributed by atoms with Gasteiger partial charge in [0.05, 0.1) is 0 Å². The second-order valence-electron chi connectivity index (χ2n) is 6.95. The van der Waals surface area contributed by atoms with Gasteiger partial charge in [-0.1, -0.05) is 89.1 Å². The number of carbonyl (C=O) groups is 1. The molecule has 25 heavy (non-hydrogen) atoms. The molecule has 140 valence electrons. The van der Waals surface area contributed by atoms with Crippen LogP contribution in [-0.4, -0.2) is 12.6 Å². The van der Waals surface area contributed by atoms with Crippen LogP contribution in [0.4, 0.5) is 0 Å². The molecule has 0 aliphatic carbocycles. The smallest absolute Gasteiger partial charge is 0.302 e. The Morgan fingerprint density at radius 3 is 2.16 bits per heavy atom. The summed E-state index contributed by atoms with van der Waals surface area (Å²) >= 11 is 0. The topological polar surface area (TPSA) is 26.3 Å². The highest BCUT2D eigenvalue weighted by Gasteiger charge is 2.01. The molecule has 0 unspecified atom stereocenters. The molecule has 0 fully saturated rings. The number of hydrogen-bond acceptors (Lipinski definition) is 2. The lowest BCUT2D eigenvalue weighted by atomic mass is 10.0. The summed E-state index contributed by atoms with van der Waals surface area (Å²) in [6.45, 7) is 6.28. The summed E-state index contributed by atoms with van der Waals surface area (Å²) in [5.41, 5.74) is 3.79. The maximum absolute atomic E-state index is 11.0. The summed E-state index contributed by atoms with van der Waals surface area (Å²) in [4.78, 5) is 11.0. The van der Waals surface area contributed by atoms with Gasteiger partial charge in [-0.15, -0.1) is 0 Å². The second kappa shape index (κ2) is 13.7. The van der Waals surface area contributed by atoms with Crippen molar-refractivity contribution in [3.63, 3.8) is 0 Å². The normalized spacial score (nSPS) is 11.6. The quantitative estimate of drug-likeness (QED) is 0.293. The molecule has 0 heterocycles. The van der Waals surface area contributed by atoms with Crippen LogP contribution >= 0.6 is 0 Å². The van der Waals surface area contributed by atoms with Gasteiger partial charge in [0.15, 0.2) is 0 Å². The lowest BCUT2D eigenvalue weighted by molar-refractivity contribution is -0.140. The first-order valence-electron chi connectivity index (χ1n) is 10.1. The maximum Gasteiger partial charge on any atom is 0.302 e. The molecule has 0 aliphatic heterocycles. The summed E-state index contributed by atoms with van der Waals surface area (Å²) in [6.07, 6.45) is 14.8. The summed E-state index contributed by atoms with van der Waals surface area (Å²) < 4.78 is 5.15. The minimum absolute atomic E-state index is 0.216. The highest BCUT2D eigenvalue weighted by atomic mass is 16.5. The molecule has 1 rings (SSSR count). The Hall–Kier alpha value is -1.57. The molecule has 1 aromatic carbocycles. The first kappa shape index (κ1) is 21.5. The molecular weight excluding hydrogens is 308 g/mol. The van der Waals surface area contributed by atoms with Crippen LogP contribution in [0.2, 0.25) is 0 Å². The van der Waals surface area contributed by atoms with Crippen LogP contribution < -0.4 is 0 Å². The van der Waals surface area contributed by atoms with E-state index in [-0.39, 0.29) is 5.97 Å². The highest BCUT2D eigenvalue weighted by Crippen LogP contribution is 2.15. The maximum atomic E-state index is 11.0. The molecule has 2 nitrogen and oxygen atoms in total. The molecule has 0 N–H and O–H groups in total. The van der Waals surface area contributed by atoms with E-state index in [4.69, 9.17) is 4.74 Å². The van der Waals surface area contributed by atoms with Crippen molar-refractivity contribution < 1.29 is 9.53 Å². The van der Waals surface area contributed by atoms with Gasteiger partial charge in [-0.3, -0.25) is 4.79 Å². The van der Waals surface area contributed by atoms with Gasteiger partial charge in [0.2, 0.25) is 0 Å². The zero-order valence-electron chi connectivity index (χ0n) is 16.5. The Morgan fingerprint density at radius 2 is 1.56 bits per heavy atom. The standard InChI is InChI=1S/C23H36O2/c1-4-6-7-8-9-10-11-13-21-14-16-22(17-15-21)18-23(12-5-2)19-25-20(3)24/h14-18H,4-13,19H2,1-3H3. The van der Waals surface area contributed by atoms with Crippen molar-refractivity contribution in [1.82, 2.24) is 0 Å². The van der Waals surface area contributed by atoms with E-state index in [9.17, 15) is 4.79 Å². The van der Waals surface area contributed by atoms with Gasteiger partial charge in [0, 0.05) is 6.92 Å². The lowest BCUT2D eigenvalue weighted by Gasteiger charge is -2.07. The molecule has 0 radical (unpaired) electrons. The molecule has 0 aromatic heterocycles. The van der Waals surface area contributed by atoms with E-state index in [2.05, 4.69) is 44.2 Å². The van der Waals surface area contributed by atoms with Crippen LogP contribution in [0.25, 0.3) is 6.08 Å². The minimum atomic E-state index is -0.216. The summed E-state index contributed by atoms with van der Waals surface area (Å²) in [5, 5.41) is 0. The molecule has 1 aromatic rings. The molecule has 0 atom stereocenters. The van der Waals surface area contributed by atoms with Crippen molar-refractivity contribution in [2.24, 2.45) is 0 Å². The highest BCUT2D eigenvalue weighted by molar-refractivity contribution is 5.66. The molecule has 0 bridgehead atoms. The van der Waals surface area contributed by atoms with E-state index in [0.29, 0.717) is 6.61 Å². The van der Waals surface area contributed by atoms with E-state index < -0.39 is 0 Å². The third-order valence-electron chi connectivity index (χ3n) is 4.45. The van der Waals surface area contributed by atoms with Crippen LogP contribution in [0, 0.1) is 0 Å². The Morgan fingerprint density at radius 1 is 0.920 bits per heavy atom. The number of rotatable bonds is 13. The zero-order valence-corrected chi connectivity index (χ0v) is 16.5. The molecule has 0 spiro atoms. The third-order valence-corrected chi connectivity index (χ3v) is 4.45. The first-order chi connectivity index (χ1) is 12.2. The second-order valence-corrected chi connectivity index (χ2v) is 6.95. The van der Waals surface area contributed by atoms with Crippen LogP contribution in [0.15, 0.2) is 29.8 Å². The molecule has 0 amide bonds. The van der Waals surface area contributed by atoms with Crippen molar-refractivity contribution in [3.05, 3.63) is 41.0 Å². The lowest BCUT2D eigenvalue weighted by Crippen LogP contribution is -2.03. The van der Waals surface area contributed by atoms with Crippen molar-refractivity contribution in [3.8, 4) is 0 Å². The Labute approximate surface area is 154 Å². The Bertz CT molecular complexity index is 499. The van der Waals surface area contributed by atoms with Crippen molar-refractivity contribution >= 4 is 12.0 Å². The van der Waals surface area contributed by atoms with Crippen LogP contribution in [0.5, 0.6) is 0 Å². The number of benzene rings is 1. The zero-order chi connectivity index (χ0) is 18.3. The largest absolute Gasteiger partial charge is 0.461 e. The summed E-state index contributed by atoms with van der Waals surface area (Å²) in [5.74, 6) is -0.216. The minimum Gasteiger partial charge on any atom is -0.461 e. The van der Waals surface area contributed by atoms with E-state index >= 15 is 0 Å². The number of ether oxygens (including phenoxy) is 1. The number of unbranched alkanes of at least 4 members (excludes halogenated alkanes) is 6. The van der Waals surface area contributed by atoms with E-state index in [1.807, 2.05) is 0 Å². The van der Waals surface area contributed by atoms with Crippen molar-refractivity contribution in [1.29, 1.82) is 0 Å². The Balaban J connectivity index is 2.40. The number of aryl methyl sites for hydroxylation is 1. The molecule has 0 saturated heterocycles. The Kier molecular flexibility index (Phi) is 11.8. The molecular formula is C23H36O2. The average molecular weight is 345 g/mol. The fourth-order valence-electron chi connectivity index (χ4n) is 3.00. The van der Waals surface area contributed by atoms with Crippen molar-refractivity contribution in [2.45, 2.75) is 85.0 Å². The van der Waals surface area contributed by atoms with Crippen molar-refractivity contribution in [2.75, 3.05) is 6.61 Å². The van der Waals surface area contributed by atoms with Crippen LogP contribution in [0.3, 0.4) is 0 Å². The van der Waals surface area contributed by atoms with Crippen LogP contribution in [-0.2, 0) is 16.0 Å². The number of esters is 1. The number of carbonyl (C=O) groups excluding carboxylic acids is 1. The van der Waals surface area contributed by atoms with Gasteiger partial charge in [-0.05, 0) is 36.0 Å². The van der Waals surface area contributed by atoms with Gasteiger partial charge in [-0.25, -0.2) is 0 Å². The van der Waals surface area contributed by atoms with Gasteiger partial charge < -0.3 is 4.74 Å². The SMILES string of the molecule is CCCCCCCCCc1ccc(C=C(CCC)COC(C)=O)cc1. The monoisotopic (exact) mass is 344 g/mol. The third kappa shape index (κ3) is 10.8. The fraction of sp³-hybridized carbons (Fsp3) is 0.609. The van der Waals surface area contributed by atoms with E-state index in [0.717, 1.165) is 12.8 Å². The summed E-state index contributed by atoms with van der Waals surface area (Å²) in [6, 6.07) is 8.83. The van der Waals surface area contributed by atoms with Gasteiger partial charge in [0.25, 0.3) is 0 Å². The number of hydrogen-bond donors (Lipinski definition) is 0. The van der Waals surface area contributed by atoms with Gasteiger partial charge in [0.1, 0.15) is 6.61 Å². The predicted molar refractivity (Wildman–Crippen MR) is 108 cm³/mol. The van der Waals surface area contributed by atoms with Crippen LogP contribution in [0.1, 0.15) is 89.7 Å². The summed E-state index contributed by atoms with van der Waals surface area (Å²) in [7, 11) is 0. The first-order valence-corrected chi connectivity index (χ1v) is 10.1. The molecule has 2 heteroatoms.